The molecule has 0 aromatic carbocycles. The van der Waals surface area contributed by atoms with Crippen molar-refractivity contribution in [2.24, 2.45) is 23.5 Å². The molecule has 17 rings (SSSR count). The van der Waals surface area contributed by atoms with Crippen molar-refractivity contribution in [3.05, 3.63) is 155 Å². The molecule has 7 amide bonds. The molecule has 0 bridgehead atoms. The first-order valence-electron chi connectivity index (χ1n) is 32.2. The molecular formula is C64H62Br2Cl4N20O12. The Morgan fingerprint density at radius 2 is 0.804 bits per heavy atom. The summed E-state index contributed by atoms with van der Waals surface area (Å²) >= 11 is 30.3. The second-order valence-electron chi connectivity index (χ2n) is 25.5. The highest BCUT2D eigenvalue weighted by atomic mass is 79.9. The lowest BCUT2D eigenvalue weighted by Gasteiger charge is -2.39. The number of carbonyl (C=O) groups excluding carboxylic acids is 8. The normalized spacial score (nSPS) is 17.8. The molecule has 13 N–H and O–H groups in total. The van der Waals surface area contributed by atoms with Crippen LogP contribution in [0.4, 0.5) is 46.3 Å². The molecule has 10 heterocycles. The van der Waals surface area contributed by atoms with Gasteiger partial charge in [0.15, 0.2) is 0 Å². The maximum atomic E-state index is 13.1. The number of H-pyrrole nitrogens is 1. The van der Waals surface area contributed by atoms with Crippen molar-refractivity contribution in [3.8, 4) is 0 Å². The van der Waals surface area contributed by atoms with Crippen LogP contribution in [0.3, 0.4) is 0 Å². The molecular weight excluding hydrogens is 1540 g/mol. The second-order valence-corrected chi connectivity index (χ2v) is 28.8. The summed E-state index contributed by atoms with van der Waals surface area (Å²) in [5.41, 5.74) is 8.14. The van der Waals surface area contributed by atoms with Crippen molar-refractivity contribution >= 4 is 172 Å². The predicted molar refractivity (Wildman–Crippen MR) is 381 cm³/mol. The summed E-state index contributed by atoms with van der Waals surface area (Å²) in [7, 11) is 0. The van der Waals surface area contributed by atoms with Crippen molar-refractivity contribution < 1.29 is 38.4 Å². The van der Waals surface area contributed by atoms with Gasteiger partial charge < -0.3 is 59.0 Å². The number of primary amides is 1. The Labute approximate surface area is 613 Å². The Bertz CT molecular complexity index is 4740. The lowest BCUT2D eigenvalue weighted by atomic mass is 9.85. The minimum Gasteiger partial charge on any atom is -0.384 e. The van der Waals surface area contributed by atoms with Crippen LogP contribution in [0.5, 0.6) is 0 Å². The summed E-state index contributed by atoms with van der Waals surface area (Å²) < 4.78 is 5.08. The minimum absolute atomic E-state index is 0.0260. The largest absolute Gasteiger partial charge is 0.384 e. The van der Waals surface area contributed by atoms with Crippen molar-refractivity contribution in [1.29, 1.82) is 0 Å². The lowest BCUT2D eigenvalue weighted by Crippen LogP contribution is -2.52. The number of nitrogens with two attached hydrogens (primary N) is 2. The van der Waals surface area contributed by atoms with E-state index in [1.165, 1.54) is 56.9 Å². The van der Waals surface area contributed by atoms with Crippen LogP contribution in [0.25, 0.3) is 0 Å². The molecule has 7 aromatic heterocycles. The van der Waals surface area contributed by atoms with Crippen LogP contribution in [0, 0.1) is 17.8 Å². The van der Waals surface area contributed by atoms with Gasteiger partial charge in [0, 0.05) is 48.8 Å². The fraction of sp³-hybridized carbons (Fsp3) is 0.375. The van der Waals surface area contributed by atoms with Gasteiger partial charge in [0.05, 0.1) is 29.0 Å². The second kappa shape index (κ2) is 29.5. The van der Waals surface area contributed by atoms with E-state index in [1.54, 1.807) is 18.2 Å². The number of ketones is 1. The standard InChI is InChI=1S/2C18H17ClN6O3.C10H8BrClN2O2.C8H10N4O.C6H4BrClN2O2.C4H6O/c2*19-10-6-11(17(28)25-14(10)16(27)24-18(25)4-1-5-18)22-12-7-13(21-8-20-12)23-15(26)9-2-3-9;11-5-4-6(12)7-8(15)13-10(2-1-3-10)14(7)9(5)16;9-6-3-7(11-4-10-6)12-8(13)5-1-2-5;7-2-1-3(8)4(5(9)11)10-6(2)12;5-4-2-1-3-4/h2*6-9H,1-5H2,(H,24,27)(H2,20,21,22,23,26);4H,1-3H2,(H,13,15);3-5H,1-2H2,(H3,9,10,11,12,13);1H,(H2,9,11)(H,10,12);1-3H2. The molecule has 532 valence electrons. The molecule has 0 atom stereocenters. The van der Waals surface area contributed by atoms with Gasteiger partial charge in [-0.3, -0.25) is 71.2 Å². The van der Waals surface area contributed by atoms with E-state index < -0.39 is 28.5 Å². The van der Waals surface area contributed by atoms with Gasteiger partial charge in [-0.15, -0.1) is 0 Å². The quantitative estimate of drug-likeness (QED) is 0.0588. The van der Waals surface area contributed by atoms with Crippen LogP contribution in [0.1, 0.15) is 158 Å². The van der Waals surface area contributed by atoms with E-state index in [2.05, 4.69) is 109 Å². The Morgan fingerprint density at radius 3 is 1.14 bits per heavy atom. The van der Waals surface area contributed by atoms with Crippen molar-refractivity contribution in [2.75, 3.05) is 32.3 Å². The number of halogens is 6. The first-order valence-corrected chi connectivity index (χ1v) is 35.3. The molecule has 3 spiro atoms. The van der Waals surface area contributed by atoms with Crippen LogP contribution < -0.4 is 76.2 Å². The van der Waals surface area contributed by atoms with Crippen molar-refractivity contribution in [3.63, 3.8) is 0 Å². The summed E-state index contributed by atoms with van der Waals surface area (Å²) in [6.45, 7) is 0. The summed E-state index contributed by atoms with van der Waals surface area (Å²) in [6.07, 6.45) is 19.5. The third kappa shape index (κ3) is 15.5. The van der Waals surface area contributed by atoms with Crippen LogP contribution in [0.2, 0.25) is 20.1 Å². The lowest BCUT2D eigenvalue weighted by molar-refractivity contribution is -0.123. The fourth-order valence-corrected chi connectivity index (χ4v) is 13.8. The number of aromatic amines is 1. The fourth-order valence-electron chi connectivity index (χ4n) is 11.7. The molecule has 7 fully saturated rings. The van der Waals surface area contributed by atoms with Gasteiger partial charge in [0.25, 0.3) is 45.9 Å². The summed E-state index contributed by atoms with van der Waals surface area (Å²) in [6, 6.07) is 10.3. The Kier molecular flexibility index (Phi) is 20.9. The van der Waals surface area contributed by atoms with Crippen LogP contribution in [-0.2, 0) is 36.2 Å². The number of anilines is 8. The molecule has 7 saturated carbocycles. The Morgan fingerprint density at radius 1 is 0.461 bits per heavy atom. The van der Waals surface area contributed by atoms with Gasteiger partial charge in [-0.2, -0.15) is 0 Å². The van der Waals surface area contributed by atoms with E-state index >= 15 is 0 Å². The highest BCUT2D eigenvalue weighted by Gasteiger charge is 2.52. The maximum absolute atomic E-state index is 13.1. The number of amides is 7. The number of nitrogens with zero attached hydrogens (tertiary/aromatic N) is 9. The smallest absolute Gasteiger partial charge is 0.276 e. The summed E-state index contributed by atoms with van der Waals surface area (Å²) in [5, 5.41) is 23.5. The highest BCUT2D eigenvalue weighted by molar-refractivity contribution is 9.10. The first kappa shape index (κ1) is 72.3. The molecule has 3 aliphatic heterocycles. The van der Waals surface area contributed by atoms with Gasteiger partial charge >= 0.3 is 0 Å². The molecule has 0 saturated heterocycles. The van der Waals surface area contributed by atoms with Gasteiger partial charge in [-0.05, 0) is 159 Å². The number of hydrogen-bond donors (Lipinski definition) is 11. The third-order valence-corrected chi connectivity index (χ3v) is 20.5. The maximum Gasteiger partial charge on any atom is 0.276 e. The van der Waals surface area contributed by atoms with Crippen LogP contribution in [-0.4, -0.2) is 95.7 Å². The van der Waals surface area contributed by atoms with Gasteiger partial charge in [-0.1, -0.05) is 46.4 Å². The van der Waals surface area contributed by atoms with E-state index in [0.717, 1.165) is 89.9 Å². The molecule has 0 unspecified atom stereocenters. The SMILES string of the molecule is NC(=O)c1[nH]c(=O)c(Br)cc1Cl.Nc1cc(NC(=O)C2CC2)ncn1.O=C1CCC1.O=C1NC2(CCC2)n2c1c(Cl)cc(Br)c2=O.O=C1NC2(CCC2)n2c1c(Cl)cc(Nc1cc(NC(=O)C3CC3)ncn1)c2=O.O=C1NC2(CCC2)n2c1c(Cl)cc(Nc1cc(NC(=O)C3CC3)ncn1)c2=O. The number of carbonyl (C=O) groups is 8. The number of Topliss-reactive ketones (excluding diaryl/α,β-unsaturated/α-hetero) is 1. The van der Waals surface area contributed by atoms with Crippen LogP contribution in [0.15, 0.2) is 89.6 Å². The first-order chi connectivity index (χ1) is 48.6. The molecule has 0 radical (unpaired) electrons. The highest BCUT2D eigenvalue weighted by Crippen LogP contribution is 2.45. The van der Waals surface area contributed by atoms with E-state index in [4.69, 9.17) is 57.9 Å². The summed E-state index contributed by atoms with van der Waals surface area (Å²) in [5.74, 6) is 1.16. The molecule has 10 aliphatic rings. The molecule has 32 nitrogen and oxygen atoms in total. The average Bonchev–Trinajstić information content (AvgIpc) is 1.56. The van der Waals surface area contributed by atoms with Gasteiger partial charge in [-0.25, -0.2) is 29.9 Å². The monoisotopic (exact) mass is 1600 g/mol. The number of hydrogen-bond acceptors (Lipinski definition) is 21. The number of rotatable bonds is 11. The average molecular weight is 1600 g/mol. The zero-order valence-electron chi connectivity index (χ0n) is 53.6. The number of aromatic nitrogens is 10. The molecule has 102 heavy (non-hydrogen) atoms. The topological polar surface area (TPSA) is 461 Å². The van der Waals surface area contributed by atoms with E-state index in [1.807, 2.05) is 0 Å². The summed E-state index contributed by atoms with van der Waals surface area (Å²) in [4.78, 5) is 167. The molecule has 7 aromatic rings. The van der Waals surface area contributed by atoms with E-state index in [0.29, 0.717) is 75.9 Å². The molecule has 7 aliphatic carbocycles. The Balaban J connectivity index is 0.000000123. The van der Waals surface area contributed by atoms with Gasteiger partial charge in [0.1, 0.15) is 111 Å². The zero-order valence-corrected chi connectivity index (χ0v) is 59.8. The van der Waals surface area contributed by atoms with Crippen molar-refractivity contribution in [1.82, 2.24) is 64.5 Å². The van der Waals surface area contributed by atoms with E-state index in [-0.39, 0.29) is 124 Å². The number of fused-ring (bicyclic) bond motifs is 6. The number of nitrogen functional groups attached to an aromatic ring is 1. The van der Waals surface area contributed by atoms with Crippen molar-refractivity contribution in [2.45, 2.75) is 133 Å². The minimum atomic E-state index is -0.760. The van der Waals surface area contributed by atoms with Gasteiger partial charge in [0.2, 0.25) is 17.7 Å². The number of pyridine rings is 4. The Hall–Kier alpha value is -9.48. The van der Waals surface area contributed by atoms with Crippen LogP contribution >= 0.6 is 78.3 Å². The third-order valence-electron chi connectivity index (χ3n) is 18.2. The zero-order chi connectivity index (χ0) is 72.7. The molecule has 38 heteroatoms. The van der Waals surface area contributed by atoms with E-state index in [9.17, 15) is 57.5 Å². The number of nitrogens with one attached hydrogen (secondary N) is 9. The predicted octanol–water partition coefficient (Wildman–Crippen LogP) is 7.81.